The van der Waals surface area contributed by atoms with Crippen LogP contribution in [0.25, 0.3) is 6.08 Å². The number of hydrogen-bond acceptors (Lipinski definition) is 2. The fourth-order valence-electron chi connectivity index (χ4n) is 2.43. The Morgan fingerprint density at radius 3 is 2.52 bits per heavy atom. The molecule has 1 aromatic rings. The summed E-state index contributed by atoms with van der Waals surface area (Å²) in [5, 5.41) is 0. The summed E-state index contributed by atoms with van der Waals surface area (Å²) in [6.07, 6.45) is 5.20. The van der Waals surface area contributed by atoms with Crippen LogP contribution in [0.1, 0.15) is 18.9 Å². The number of benzene rings is 1. The molecule has 1 saturated heterocycles. The third kappa shape index (κ3) is 4.97. The van der Waals surface area contributed by atoms with E-state index in [1.54, 1.807) is 0 Å². The monoisotopic (exact) mass is 350 g/mol. The molecule has 1 heterocycles. The van der Waals surface area contributed by atoms with Gasteiger partial charge in [0, 0.05) is 32.7 Å². The lowest BCUT2D eigenvalue weighted by atomic mass is 10.2. The highest BCUT2D eigenvalue weighted by Gasteiger charge is 2.24. The molecule has 3 nitrogen and oxygen atoms in total. The zero-order valence-electron chi connectivity index (χ0n) is 12.5. The molecular weight excluding hydrogens is 328 g/mol. The summed E-state index contributed by atoms with van der Waals surface area (Å²) in [5.41, 5.74) is 1.23. The Morgan fingerprint density at radius 1 is 1.24 bits per heavy atom. The van der Waals surface area contributed by atoms with Crippen molar-refractivity contribution in [3.05, 3.63) is 42.0 Å². The van der Waals surface area contributed by atoms with Gasteiger partial charge in [0.25, 0.3) is 0 Å². The van der Waals surface area contributed by atoms with Gasteiger partial charge in [-0.15, -0.1) is 0 Å². The van der Waals surface area contributed by atoms with E-state index in [2.05, 4.69) is 57.2 Å². The molecule has 1 fully saturated rings. The van der Waals surface area contributed by atoms with Crippen LogP contribution in [0.2, 0.25) is 0 Å². The number of amides is 1. The molecule has 1 aliphatic rings. The van der Waals surface area contributed by atoms with Crippen molar-refractivity contribution in [3.8, 4) is 0 Å². The Kier molecular flexibility index (Phi) is 6.46. The van der Waals surface area contributed by atoms with Crippen molar-refractivity contribution >= 4 is 27.9 Å². The number of carbonyl (C=O) groups is 1. The van der Waals surface area contributed by atoms with Crippen LogP contribution in [0.3, 0.4) is 0 Å². The van der Waals surface area contributed by atoms with Crippen LogP contribution >= 0.6 is 15.9 Å². The lowest BCUT2D eigenvalue weighted by Gasteiger charge is -2.35. The number of carbonyl (C=O) groups excluding carboxylic acids is 1. The first kappa shape index (κ1) is 16.2. The van der Waals surface area contributed by atoms with E-state index in [4.69, 9.17) is 0 Å². The molecule has 0 saturated carbocycles. The van der Waals surface area contributed by atoms with Gasteiger partial charge < -0.3 is 4.90 Å². The molecule has 0 bridgehead atoms. The second-order valence-electron chi connectivity index (χ2n) is 5.31. The van der Waals surface area contributed by atoms with Crippen LogP contribution in [0.15, 0.2) is 36.4 Å². The van der Waals surface area contributed by atoms with E-state index in [1.165, 1.54) is 5.56 Å². The molecule has 1 aromatic carbocycles. The zero-order valence-corrected chi connectivity index (χ0v) is 14.1. The number of rotatable bonds is 5. The van der Waals surface area contributed by atoms with Gasteiger partial charge in [0.2, 0.25) is 5.91 Å². The maximum absolute atomic E-state index is 12.1. The Balaban J connectivity index is 1.74. The minimum atomic E-state index is -0.0259. The highest BCUT2D eigenvalue weighted by atomic mass is 79.9. The van der Waals surface area contributed by atoms with E-state index in [0.29, 0.717) is 0 Å². The van der Waals surface area contributed by atoms with Crippen LogP contribution in [-0.2, 0) is 4.79 Å². The van der Waals surface area contributed by atoms with E-state index < -0.39 is 0 Å². The van der Waals surface area contributed by atoms with Gasteiger partial charge in [-0.2, -0.15) is 0 Å². The van der Waals surface area contributed by atoms with Gasteiger partial charge >= 0.3 is 0 Å². The third-order valence-corrected chi connectivity index (χ3v) is 4.82. The molecule has 1 amide bonds. The minimum Gasteiger partial charge on any atom is -0.339 e. The molecule has 0 spiro atoms. The lowest BCUT2D eigenvalue weighted by Crippen LogP contribution is -2.50. The van der Waals surface area contributed by atoms with Gasteiger partial charge in [-0.1, -0.05) is 65.3 Å². The largest absolute Gasteiger partial charge is 0.339 e. The number of halogens is 1. The first-order chi connectivity index (χ1) is 10.2. The third-order valence-electron chi connectivity index (χ3n) is 3.78. The summed E-state index contributed by atoms with van der Waals surface area (Å²) in [4.78, 5) is 16.4. The predicted octanol–water partition coefficient (Wildman–Crippen LogP) is 3.02. The molecule has 4 heteroatoms. The van der Waals surface area contributed by atoms with Gasteiger partial charge in [0.15, 0.2) is 0 Å². The summed E-state index contributed by atoms with van der Waals surface area (Å²) < 4.78 is 0. The van der Waals surface area contributed by atoms with Crippen LogP contribution in [0.5, 0.6) is 0 Å². The fraction of sp³-hybridized carbons (Fsp3) is 0.471. The second kappa shape index (κ2) is 8.35. The number of hydrogen-bond donors (Lipinski definition) is 0. The number of alkyl halides is 1. The van der Waals surface area contributed by atoms with E-state index in [9.17, 15) is 4.79 Å². The van der Waals surface area contributed by atoms with Crippen molar-refractivity contribution < 1.29 is 4.79 Å². The maximum Gasteiger partial charge on any atom is 0.236 e. The normalized spacial score (nSPS) is 18.1. The van der Waals surface area contributed by atoms with Crippen molar-refractivity contribution in [1.29, 1.82) is 0 Å². The van der Waals surface area contributed by atoms with Crippen molar-refractivity contribution in [2.75, 3.05) is 32.7 Å². The fourth-order valence-corrected chi connectivity index (χ4v) is 2.72. The Labute approximate surface area is 135 Å². The van der Waals surface area contributed by atoms with Crippen molar-refractivity contribution in [1.82, 2.24) is 9.80 Å². The summed E-state index contributed by atoms with van der Waals surface area (Å²) in [7, 11) is 0. The van der Waals surface area contributed by atoms with Crippen molar-refractivity contribution in [2.45, 2.75) is 18.2 Å². The maximum atomic E-state index is 12.1. The van der Waals surface area contributed by atoms with Crippen LogP contribution in [0, 0.1) is 0 Å². The van der Waals surface area contributed by atoms with E-state index >= 15 is 0 Å². The first-order valence-corrected chi connectivity index (χ1v) is 8.49. The average Bonchev–Trinajstić information content (AvgIpc) is 2.55. The minimum absolute atomic E-state index is 0.0259. The van der Waals surface area contributed by atoms with Gasteiger partial charge in [-0.05, 0) is 12.0 Å². The lowest BCUT2D eigenvalue weighted by molar-refractivity contribution is -0.132. The van der Waals surface area contributed by atoms with Gasteiger partial charge in [-0.3, -0.25) is 9.69 Å². The van der Waals surface area contributed by atoms with Crippen LogP contribution < -0.4 is 0 Å². The molecule has 0 aliphatic carbocycles. The Bertz CT molecular complexity index is 467. The standard InChI is InChI=1S/C17H23BrN2O/c1-2-16(18)17(21)20-13-11-19(12-14-20)10-6-9-15-7-4-3-5-8-15/h3-9,16H,2,10-14H2,1H3/b9-6+. The van der Waals surface area contributed by atoms with Crippen molar-refractivity contribution in [3.63, 3.8) is 0 Å². The molecule has 0 N–H and O–H groups in total. The first-order valence-electron chi connectivity index (χ1n) is 7.57. The molecule has 0 radical (unpaired) electrons. The highest BCUT2D eigenvalue weighted by molar-refractivity contribution is 9.10. The van der Waals surface area contributed by atoms with Crippen molar-refractivity contribution in [2.24, 2.45) is 0 Å². The van der Waals surface area contributed by atoms with E-state index in [1.807, 2.05) is 17.9 Å². The van der Waals surface area contributed by atoms with E-state index in [-0.39, 0.29) is 10.7 Å². The molecule has 114 valence electrons. The Morgan fingerprint density at radius 2 is 1.90 bits per heavy atom. The molecule has 1 aliphatic heterocycles. The molecular formula is C17H23BrN2O. The van der Waals surface area contributed by atoms with Gasteiger partial charge in [-0.25, -0.2) is 0 Å². The number of nitrogens with zero attached hydrogens (tertiary/aromatic N) is 2. The summed E-state index contributed by atoms with van der Waals surface area (Å²) in [5.74, 6) is 0.233. The quantitative estimate of drug-likeness (QED) is 0.762. The average molecular weight is 351 g/mol. The predicted molar refractivity (Wildman–Crippen MR) is 91.5 cm³/mol. The molecule has 1 unspecified atom stereocenters. The van der Waals surface area contributed by atoms with E-state index in [0.717, 1.165) is 39.1 Å². The number of piperazine rings is 1. The molecule has 21 heavy (non-hydrogen) atoms. The topological polar surface area (TPSA) is 23.6 Å². The summed E-state index contributed by atoms with van der Waals surface area (Å²) in [6, 6.07) is 10.3. The SMILES string of the molecule is CCC(Br)C(=O)N1CCN(C/C=C/c2ccccc2)CC1. The van der Waals surface area contributed by atoms with Crippen LogP contribution in [-0.4, -0.2) is 53.3 Å². The second-order valence-corrected chi connectivity index (χ2v) is 6.42. The molecule has 1 atom stereocenters. The Hall–Kier alpha value is -1.13. The zero-order chi connectivity index (χ0) is 15.1. The summed E-state index contributed by atoms with van der Waals surface area (Å²) >= 11 is 3.44. The molecule has 0 aromatic heterocycles. The highest BCUT2D eigenvalue weighted by Crippen LogP contribution is 2.12. The van der Waals surface area contributed by atoms with Gasteiger partial charge in [0.05, 0.1) is 4.83 Å². The smallest absolute Gasteiger partial charge is 0.236 e. The summed E-state index contributed by atoms with van der Waals surface area (Å²) in [6.45, 7) is 6.55. The van der Waals surface area contributed by atoms with Gasteiger partial charge in [0.1, 0.15) is 0 Å². The molecule has 2 rings (SSSR count). The van der Waals surface area contributed by atoms with Crippen LogP contribution in [0.4, 0.5) is 0 Å².